The van der Waals surface area contributed by atoms with E-state index in [1.807, 2.05) is 0 Å². The topological polar surface area (TPSA) is 63.9 Å². The van der Waals surface area contributed by atoms with E-state index >= 15 is 0 Å². The van der Waals surface area contributed by atoms with Crippen molar-refractivity contribution in [2.24, 2.45) is 0 Å². The summed E-state index contributed by atoms with van der Waals surface area (Å²) in [5.41, 5.74) is 0. The van der Waals surface area contributed by atoms with Crippen LogP contribution >= 0.6 is 0 Å². The van der Waals surface area contributed by atoms with E-state index in [0.717, 1.165) is 45.1 Å². The lowest BCUT2D eigenvalue weighted by molar-refractivity contribution is 0.0591. The van der Waals surface area contributed by atoms with Gasteiger partial charge in [-0.1, -0.05) is 65.2 Å². The molecule has 0 aromatic rings. The Bertz CT molecular complexity index is 231. The molecule has 0 bridgehead atoms. The van der Waals surface area contributed by atoms with Crippen LogP contribution in [0.1, 0.15) is 90.9 Å². The highest BCUT2D eigenvalue weighted by Crippen LogP contribution is 2.11. The first-order valence-corrected chi connectivity index (χ1v) is 10.3. The third-order valence-corrected chi connectivity index (χ3v) is 4.60. The molecule has 0 saturated carbocycles. The molecule has 0 aliphatic carbocycles. The highest BCUT2D eigenvalue weighted by atomic mass is 16.3. The van der Waals surface area contributed by atoms with Gasteiger partial charge in [-0.3, -0.25) is 4.90 Å². The molecule has 0 amide bonds. The van der Waals surface area contributed by atoms with Gasteiger partial charge in [0.1, 0.15) is 0 Å². The highest BCUT2D eigenvalue weighted by Gasteiger charge is 2.15. The van der Waals surface area contributed by atoms with Crippen molar-refractivity contribution in [2.75, 3.05) is 26.2 Å². The maximum Gasteiger partial charge on any atom is 0.0667 e. The molecule has 0 rings (SSSR count). The largest absolute Gasteiger partial charge is 0.396 e. The Labute approximate surface area is 150 Å². The first-order chi connectivity index (χ1) is 11.6. The molecule has 3 N–H and O–H groups in total. The molecule has 0 aliphatic rings. The van der Waals surface area contributed by atoms with Crippen LogP contribution in [0.15, 0.2) is 0 Å². The molecule has 2 unspecified atom stereocenters. The summed E-state index contributed by atoms with van der Waals surface area (Å²) >= 11 is 0. The van der Waals surface area contributed by atoms with E-state index in [9.17, 15) is 10.2 Å². The van der Waals surface area contributed by atoms with E-state index < -0.39 is 0 Å². The Morgan fingerprint density at radius 2 is 1.17 bits per heavy atom. The summed E-state index contributed by atoms with van der Waals surface area (Å²) in [6, 6.07) is 0. The van der Waals surface area contributed by atoms with Crippen LogP contribution in [0.4, 0.5) is 0 Å². The maximum absolute atomic E-state index is 10.3. The number of hydrogen-bond acceptors (Lipinski definition) is 4. The Balaban J connectivity index is 4.09. The number of nitrogens with zero attached hydrogens (tertiary/aromatic N) is 1. The number of unbranched alkanes of at least 4 members (excludes halogenated alkanes) is 7. The molecule has 4 nitrogen and oxygen atoms in total. The van der Waals surface area contributed by atoms with Crippen molar-refractivity contribution in [3.05, 3.63) is 0 Å². The predicted molar refractivity (Wildman–Crippen MR) is 102 cm³/mol. The molecular formula is C20H43NO3. The van der Waals surface area contributed by atoms with Crippen LogP contribution in [0, 0.1) is 0 Å². The monoisotopic (exact) mass is 345 g/mol. The number of rotatable bonds is 18. The van der Waals surface area contributed by atoms with Gasteiger partial charge in [-0.25, -0.2) is 0 Å². The predicted octanol–water partition coefficient (Wildman–Crippen LogP) is 3.72. The van der Waals surface area contributed by atoms with E-state index in [0.29, 0.717) is 13.1 Å². The van der Waals surface area contributed by atoms with E-state index in [1.165, 1.54) is 38.5 Å². The highest BCUT2D eigenvalue weighted by molar-refractivity contribution is 4.70. The molecule has 146 valence electrons. The van der Waals surface area contributed by atoms with Crippen molar-refractivity contribution in [3.63, 3.8) is 0 Å². The lowest BCUT2D eigenvalue weighted by Gasteiger charge is -2.27. The van der Waals surface area contributed by atoms with Gasteiger partial charge in [0.2, 0.25) is 0 Å². The van der Waals surface area contributed by atoms with Gasteiger partial charge < -0.3 is 15.3 Å². The average Bonchev–Trinajstić information content (AvgIpc) is 2.56. The lowest BCUT2D eigenvalue weighted by Crippen LogP contribution is -2.38. The molecule has 0 saturated heterocycles. The smallest absolute Gasteiger partial charge is 0.0667 e. The zero-order valence-corrected chi connectivity index (χ0v) is 16.3. The van der Waals surface area contributed by atoms with Gasteiger partial charge >= 0.3 is 0 Å². The van der Waals surface area contributed by atoms with Gasteiger partial charge in [0, 0.05) is 19.7 Å². The second kappa shape index (κ2) is 17.7. The van der Waals surface area contributed by atoms with Gasteiger partial charge in [-0.2, -0.15) is 0 Å². The minimum atomic E-state index is -0.303. The molecular weight excluding hydrogens is 302 g/mol. The molecule has 0 radical (unpaired) electrons. The first kappa shape index (κ1) is 23.8. The molecule has 0 fully saturated rings. The van der Waals surface area contributed by atoms with E-state index in [2.05, 4.69) is 18.7 Å². The Morgan fingerprint density at radius 1 is 0.667 bits per heavy atom. The molecule has 0 spiro atoms. The van der Waals surface area contributed by atoms with E-state index in [4.69, 9.17) is 5.11 Å². The van der Waals surface area contributed by atoms with Crippen molar-refractivity contribution < 1.29 is 15.3 Å². The van der Waals surface area contributed by atoms with E-state index in [1.54, 1.807) is 0 Å². The van der Waals surface area contributed by atoms with Gasteiger partial charge in [0.25, 0.3) is 0 Å². The Hall–Kier alpha value is -0.160. The van der Waals surface area contributed by atoms with Crippen molar-refractivity contribution in [1.82, 2.24) is 4.90 Å². The molecule has 2 atom stereocenters. The van der Waals surface area contributed by atoms with Crippen molar-refractivity contribution >= 4 is 0 Å². The zero-order chi connectivity index (χ0) is 18.0. The second-order valence-electron chi connectivity index (χ2n) is 7.20. The number of hydrogen-bond donors (Lipinski definition) is 3. The summed E-state index contributed by atoms with van der Waals surface area (Å²) in [4.78, 5) is 2.19. The molecule has 0 heterocycles. The fourth-order valence-electron chi connectivity index (χ4n) is 3.10. The van der Waals surface area contributed by atoms with Gasteiger partial charge in [0.15, 0.2) is 0 Å². The third kappa shape index (κ3) is 15.4. The van der Waals surface area contributed by atoms with Crippen LogP contribution in [0.3, 0.4) is 0 Å². The summed E-state index contributed by atoms with van der Waals surface area (Å²) in [5.74, 6) is 0. The molecule has 0 aromatic heterocycles. The van der Waals surface area contributed by atoms with Crippen LogP contribution in [0.2, 0.25) is 0 Å². The normalized spacial score (nSPS) is 14.2. The van der Waals surface area contributed by atoms with Crippen LogP contribution in [-0.4, -0.2) is 58.7 Å². The average molecular weight is 346 g/mol. The third-order valence-electron chi connectivity index (χ3n) is 4.60. The van der Waals surface area contributed by atoms with Crippen LogP contribution in [0.25, 0.3) is 0 Å². The quantitative estimate of drug-likeness (QED) is 0.331. The maximum atomic E-state index is 10.3. The standard InChI is InChI=1S/C20H43NO3/c1-3-5-7-9-13-19(23)17-21(15-11-12-16-22)18-20(24)14-10-8-6-4-2/h19-20,22-24H,3-18H2,1-2H3. The Morgan fingerprint density at radius 3 is 1.58 bits per heavy atom. The summed E-state index contributed by atoms with van der Waals surface area (Å²) in [6.07, 6.45) is 12.3. The van der Waals surface area contributed by atoms with E-state index in [-0.39, 0.29) is 18.8 Å². The van der Waals surface area contributed by atoms with Gasteiger partial charge in [-0.15, -0.1) is 0 Å². The van der Waals surface area contributed by atoms with Crippen LogP contribution in [0.5, 0.6) is 0 Å². The fourth-order valence-corrected chi connectivity index (χ4v) is 3.10. The summed E-state index contributed by atoms with van der Waals surface area (Å²) < 4.78 is 0. The summed E-state index contributed by atoms with van der Waals surface area (Å²) in [7, 11) is 0. The molecule has 4 heteroatoms. The van der Waals surface area contributed by atoms with Crippen molar-refractivity contribution in [3.8, 4) is 0 Å². The van der Waals surface area contributed by atoms with Gasteiger partial charge in [-0.05, 0) is 32.2 Å². The van der Waals surface area contributed by atoms with Crippen LogP contribution < -0.4 is 0 Å². The van der Waals surface area contributed by atoms with Crippen molar-refractivity contribution in [2.45, 2.75) is 103 Å². The molecule has 24 heavy (non-hydrogen) atoms. The summed E-state index contributed by atoms with van der Waals surface area (Å²) in [6.45, 7) is 6.74. The van der Waals surface area contributed by atoms with Crippen molar-refractivity contribution in [1.29, 1.82) is 0 Å². The van der Waals surface area contributed by atoms with Crippen LogP contribution in [-0.2, 0) is 0 Å². The Kier molecular flexibility index (Phi) is 17.5. The van der Waals surface area contributed by atoms with Gasteiger partial charge in [0.05, 0.1) is 12.2 Å². The second-order valence-corrected chi connectivity index (χ2v) is 7.20. The fraction of sp³-hybridized carbons (Fsp3) is 1.00. The molecule has 0 aromatic carbocycles. The zero-order valence-electron chi connectivity index (χ0n) is 16.3. The minimum Gasteiger partial charge on any atom is -0.396 e. The number of aliphatic hydroxyl groups excluding tert-OH is 3. The first-order valence-electron chi connectivity index (χ1n) is 10.3. The SMILES string of the molecule is CCCCCCC(O)CN(CCCCO)CC(O)CCCCCC. The lowest BCUT2D eigenvalue weighted by atomic mass is 10.1. The molecule has 0 aliphatic heterocycles. The summed E-state index contributed by atoms with van der Waals surface area (Å²) in [5, 5.41) is 29.5. The number of aliphatic hydroxyl groups is 3. The minimum absolute atomic E-state index is 0.215.